The molecule has 3 aromatic rings. The molecular formula is C19H21N5O. The highest BCUT2D eigenvalue weighted by Crippen LogP contribution is 2.38. The Kier molecular flexibility index (Phi) is 3.36. The molecule has 6 nitrogen and oxygen atoms in total. The molecule has 6 heteroatoms. The smallest absolute Gasteiger partial charge is 0.243 e. The fourth-order valence-electron chi connectivity index (χ4n) is 3.91. The first-order valence-corrected chi connectivity index (χ1v) is 9.06. The lowest BCUT2D eigenvalue weighted by molar-refractivity contribution is -0.125. The fourth-order valence-corrected chi connectivity index (χ4v) is 3.91. The molecule has 0 spiro atoms. The minimum atomic E-state index is -0.148. The van der Waals surface area contributed by atoms with E-state index < -0.39 is 0 Å². The number of hydrogen-bond acceptors (Lipinski definition) is 3. The summed E-state index contributed by atoms with van der Waals surface area (Å²) in [5.74, 6) is 2.03. The number of fused-ring (bicyclic) bond motifs is 2. The van der Waals surface area contributed by atoms with Crippen LogP contribution in [-0.2, 0) is 17.8 Å². The van der Waals surface area contributed by atoms with E-state index in [9.17, 15) is 4.79 Å². The van der Waals surface area contributed by atoms with Gasteiger partial charge in [0.1, 0.15) is 17.7 Å². The van der Waals surface area contributed by atoms with Gasteiger partial charge in [0.25, 0.3) is 0 Å². The van der Waals surface area contributed by atoms with E-state index in [0.29, 0.717) is 12.6 Å². The Bertz CT molecular complexity index is 936. The summed E-state index contributed by atoms with van der Waals surface area (Å²) < 4.78 is 4.32. The molecule has 0 radical (unpaired) electrons. The van der Waals surface area contributed by atoms with Gasteiger partial charge in [-0.3, -0.25) is 4.79 Å². The zero-order chi connectivity index (χ0) is 16.8. The van der Waals surface area contributed by atoms with Crippen LogP contribution < -0.4 is 5.32 Å². The molecule has 0 saturated heterocycles. The number of imidazole rings is 2. The summed E-state index contributed by atoms with van der Waals surface area (Å²) in [6.45, 7) is 0.477. The lowest BCUT2D eigenvalue weighted by Crippen LogP contribution is -2.35. The van der Waals surface area contributed by atoms with Crippen molar-refractivity contribution in [1.82, 2.24) is 24.4 Å². The van der Waals surface area contributed by atoms with Gasteiger partial charge in [-0.05, 0) is 37.8 Å². The maximum atomic E-state index is 12.7. The molecule has 3 heterocycles. The number of aromatic nitrogens is 4. The first-order valence-electron chi connectivity index (χ1n) is 9.06. The van der Waals surface area contributed by atoms with Crippen molar-refractivity contribution in [3.05, 3.63) is 48.3 Å². The van der Waals surface area contributed by atoms with Crippen molar-refractivity contribution in [2.75, 3.05) is 0 Å². The molecule has 1 atom stereocenters. The van der Waals surface area contributed by atoms with Crippen LogP contribution in [0.1, 0.15) is 49.4 Å². The van der Waals surface area contributed by atoms with Crippen LogP contribution in [0.4, 0.5) is 0 Å². The Hall–Kier alpha value is -2.63. The number of amides is 1. The van der Waals surface area contributed by atoms with E-state index in [4.69, 9.17) is 4.98 Å². The minimum absolute atomic E-state index is 0.0633. The van der Waals surface area contributed by atoms with Gasteiger partial charge >= 0.3 is 0 Å². The monoisotopic (exact) mass is 335 g/mol. The number of carbonyl (C=O) groups excluding carboxylic acids is 1. The zero-order valence-corrected chi connectivity index (χ0v) is 14.1. The van der Waals surface area contributed by atoms with E-state index in [0.717, 1.165) is 36.4 Å². The number of rotatable bonds is 4. The van der Waals surface area contributed by atoms with E-state index in [1.54, 1.807) is 6.20 Å². The van der Waals surface area contributed by atoms with Gasteiger partial charge < -0.3 is 14.5 Å². The van der Waals surface area contributed by atoms with Crippen LogP contribution >= 0.6 is 0 Å². The van der Waals surface area contributed by atoms with Crippen molar-refractivity contribution in [2.45, 2.75) is 50.7 Å². The molecular weight excluding hydrogens is 314 g/mol. The fraction of sp³-hybridized carbons (Fsp3) is 0.421. The number of aryl methyl sites for hydroxylation is 1. The lowest BCUT2D eigenvalue weighted by atomic mass is 10.0. The molecule has 128 valence electrons. The van der Waals surface area contributed by atoms with E-state index >= 15 is 0 Å². The number of para-hydroxylation sites is 2. The van der Waals surface area contributed by atoms with Crippen LogP contribution in [-0.4, -0.2) is 25.0 Å². The third kappa shape index (κ3) is 2.52. The van der Waals surface area contributed by atoms with Crippen LogP contribution in [0.2, 0.25) is 0 Å². The highest BCUT2D eigenvalue weighted by molar-refractivity contribution is 5.81. The molecule has 5 rings (SSSR count). The predicted octanol–water partition coefficient (Wildman–Crippen LogP) is 2.76. The molecule has 2 aromatic heterocycles. The molecule has 1 saturated carbocycles. The average molecular weight is 335 g/mol. The quantitative estimate of drug-likeness (QED) is 0.797. The van der Waals surface area contributed by atoms with E-state index in [2.05, 4.69) is 20.9 Å². The molecule has 25 heavy (non-hydrogen) atoms. The second-order valence-corrected chi connectivity index (χ2v) is 6.99. The summed E-state index contributed by atoms with van der Waals surface area (Å²) in [6, 6.07) is 8.61. The average Bonchev–Trinajstić information content (AvgIpc) is 3.23. The third-order valence-corrected chi connectivity index (χ3v) is 5.27. The van der Waals surface area contributed by atoms with Gasteiger partial charge in [0.15, 0.2) is 0 Å². The third-order valence-electron chi connectivity index (χ3n) is 5.27. The number of nitrogens with zero attached hydrogens (tertiary/aromatic N) is 4. The Morgan fingerprint density at radius 3 is 3.00 bits per heavy atom. The van der Waals surface area contributed by atoms with Crippen LogP contribution in [0.25, 0.3) is 11.0 Å². The minimum Gasteiger partial charge on any atom is -0.347 e. The van der Waals surface area contributed by atoms with Gasteiger partial charge in [0.05, 0.1) is 17.6 Å². The summed E-state index contributed by atoms with van der Waals surface area (Å²) in [6.07, 6.45) is 8.93. The molecule has 1 aromatic carbocycles. The topological polar surface area (TPSA) is 64.7 Å². The number of benzene rings is 1. The van der Waals surface area contributed by atoms with Gasteiger partial charge in [-0.1, -0.05) is 12.1 Å². The van der Waals surface area contributed by atoms with Crippen molar-refractivity contribution < 1.29 is 4.79 Å². The molecule has 2 aliphatic rings. The molecule has 1 amide bonds. The zero-order valence-electron chi connectivity index (χ0n) is 14.1. The van der Waals surface area contributed by atoms with Gasteiger partial charge in [0.2, 0.25) is 5.91 Å². The van der Waals surface area contributed by atoms with E-state index in [1.807, 2.05) is 29.0 Å². The van der Waals surface area contributed by atoms with Crippen molar-refractivity contribution in [3.8, 4) is 0 Å². The molecule has 1 aliphatic heterocycles. The second-order valence-electron chi connectivity index (χ2n) is 6.99. The number of hydrogen-bond donors (Lipinski definition) is 1. The first kappa shape index (κ1) is 14.7. The highest BCUT2D eigenvalue weighted by Gasteiger charge is 2.29. The molecule has 1 aliphatic carbocycles. The Morgan fingerprint density at radius 2 is 2.12 bits per heavy atom. The van der Waals surface area contributed by atoms with Crippen LogP contribution in [0.5, 0.6) is 0 Å². The number of nitrogens with one attached hydrogen (secondary N) is 1. The Morgan fingerprint density at radius 1 is 1.24 bits per heavy atom. The molecule has 1 fully saturated rings. The van der Waals surface area contributed by atoms with Gasteiger partial charge in [0, 0.05) is 24.9 Å². The Labute approximate surface area is 145 Å². The van der Waals surface area contributed by atoms with Crippen molar-refractivity contribution in [1.29, 1.82) is 0 Å². The van der Waals surface area contributed by atoms with E-state index in [-0.39, 0.29) is 11.9 Å². The summed E-state index contributed by atoms with van der Waals surface area (Å²) in [5.41, 5.74) is 2.18. The Balaban J connectivity index is 1.38. The predicted molar refractivity (Wildman–Crippen MR) is 94.1 cm³/mol. The molecule has 0 bridgehead atoms. The summed E-state index contributed by atoms with van der Waals surface area (Å²) in [7, 11) is 0. The van der Waals surface area contributed by atoms with Gasteiger partial charge in [-0.2, -0.15) is 0 Å². The second kappa shape index (κ2) is 5.72. The van der Waals surface area contributed by atoms with Gasteiger partial charge in [-0.15, -0.1) is 0 Å². The maximum absolute atomic E-state index is 12.7. The SMILES string of the molecule is O=C(NCc1nc2ccccc2n1C1CC1)C1CCCc2nccn21. The van der Waals surface area contributed by atoms with Crippen LogP contribution in [0, 0.1) is 0 Å². The lowest BCUT2D eigenvalue weighted by Gasteiger charge is -2.24. The highest BCUT2D eigenvalue weighted by atomic mass is 16.2. The summed E-state index contributed by atoms with van der Waals surface area (Å²) in [4.78, 5) is 21.9. The van der Waals surface area contributed by atoms with Crippen molar-refractivity contribution >= 4 is 16.9 Å². The van der Waals surface area contributed by atoms with Crippen LogP contribution in [0.3, 0.4) is 0 Å². The number of carbonyl (C=O) groups is 1. The van der Waals surface area contributed by atoms with Crippen molar-refractivity contribution in [2.24, 2.45) is 0 Å². The molecule has 1 unspecified atom stereocenters. The standard InChI is InChI=1S/C19H21N5O/c25-19(16-6-3-7-17-20-10-11-23(16)17)21-12-18-22-14-4-1-2-5-15(14)24(18)13-8-9-13/h1-2,4-5,10-11,13,16H,3,6-9,12H2,(H,21,25). The van der Waals surface area contributed by atoms with Gasteiger partial charge in [-0.25, -0.2) is 9.97 Å². The van der Waals surface area contributed by atoms with E-state index in [1.165, 1.54) is 18.4 Å². The summed E-state index contributed by atoms with van der Waals surface area (Å²) >= 11 is 0. The molecule has 1 N–H and O–H groups in total. The normalized spacial score (nSPS) is 19.8. The van der Waals surface area contributed by atoms with Crippen LogP contribution in [0.15, 0.2) is 36.7 Å². The maximum Gasteiger partial charge on any atom is 0.243 e. The summed E-state index contributed by atoms with van der Waals surface area (Å²) in [5, 5.41) is 3.11. The van der Waals surface area contributed by atoms with Crippen molar-refractivity contribution in [3.63, 3.8) is 0 Å². The first-order chi connectivity index (χ1) is 12.3. The largest absolute Gasteiger partial charge is 0.347 e.